The van der Waals surface area contributed by atoms with Gasteiger partial charge in [0.2, 0.25) is 0 Å². The lowest BCUT2D eigenvalue weighted by molar-refractivity contribution is 0.439. The Morgan fingerprint density at radius 1 is 0.620 bits per heavy atom. The highest BCUT2D eigenvalue weighted by Gasteiger charge is 2.51. The average molecular weight is 665 g/mol. The largest absolute Gasteiger partial charge is 0.744 e. The molecule has 8 heteroatoms. The molecule has 0 spiro atoms. The molecule has 0 bridgehead atoms. The van der Waals surface area contributed by atoms with E-state index in [1.807, 2.05) is 41.3 Å². The zero-order chi connectivity index (χ0) is 35.2. The topological polar surface area (TPSA) is 50.3 Å². The second kappa shape index (κ2) is 11.2. The van der Waals surface area contributed by atoms with E-state index in [2.05, 4.69) is 133 Å². The maximum Gasteiger partial charge on any atom is 0.744 e. The Hall–Kier alpha value is -5.11. The lowest BCUT2D eigenvalue weighted by atomic mass is 9.80. The van der Waals surface area contributed by atoms with Crippen LogP contribution in [0.3, 0.4) is 0 Å². The fraction of sp³-hybridized carbons (Fsp3) is 0.310. The molecule has 3 aliphatic heterocycles. The highest BCUT2D eigenvalue weighted by molar-refractivity contribution is 6.57. The number of ether oxygens (including phenoxy) is 1. The molecule has 0 aliphatic carbocycles. The summed E-state index contributed by atoms with van der Waals surface area (Å²) in [7, 11) is -0.587. The van der Waals surface area contributed by atoms with Crippen molar-refractivity contribution in [1.82, 2.24) is 4.98 Å². The standard InChI is InChI=1S/C42H45BN4O3/c1-40(2,3)27-21-28(41(4,5)6)23-30(22-27)46-26-45(34-15-10-11-16-35(34)46)29-13-12-14-31(24-29)48-32-17-18-37-36(25-32)47-39-38(50-43(47)49-37)33(19-20-44-39)42(7,8)9/h10-25H,26H2,1-9H3. The highest BCUT2D eigenvalue weighted by Crippen LogP contribution is 2.52. The van der Waals surface area contributed by atoms with E-state index >= 15 is 0 Å². The van der Waals surface area contributed by atoms with Crippen LogP contribution >= 0.6 is 0 Å². The molecule has 1 aromatic heterocycles. The summed E-state index contributed by atoms with van der Waals surface area (Å²) in [5, 5.41) is 0. The fourth-order valence-corrected chi connectivity index (χ4v) is 6.97. The number of aromatic nitrogens is 1. The fourth-order valence-electron chi connectivity index (χ4n) is 6.97. The van der Waals surface area contributed by atoms with Gasteiger partial charge in [-0.3, -0.25) is 4.81 Å². The summed E-state index contributed by atoms with van der Waals surface area (Å²) in [6.45, 7) is 21.0. The lowest BCUT2D eigenvalue weighted by Crippen LogP contribution is -2.36. The van der Waals surface area contributed by atoms with Crippen molar-refractivity contribution in [2.24, 2.45) is 0 Å². The van der Waals surface area contributed by atoms with Crippen molar-refractivity contribution in [2.45, 2.75) is 78.6 Å². The normalized spacial score (nSPS) is 15.0. The highest BCUT2D eigenvalue weighted by atomic mass is 16.6. The van der Waals surface area contributed by atoms with Crippen LogP contribution in [0.5, 0.6) is 23.0 Å². The van der Waals surface area contributed by atoms with Crippen molar-refractivity contribution in [1.29, 1.82) is 0 Å². The van der Waals surface area contributed by atoms with Crippen molar-refractivity contribution in [2.75, 3.05) is 21.3 Å². The van der Waals surface area contributed by atoms with Crippen molar-refractivity contribution in [3.63, 3.8) is 0 Å². The van der Waals surface area contributed by atoms with E-state index in [-0.39, 0.29) is 16.2 Å². The Labute approximate surface area is 296 Å². The predicted octanol–water partition coefficient (Wildman–Crippen LogP) is 10.9. The summed E-state index contributed by atoms with van der Waals surface area (Å²) < 4.78 is 19.0. The zero-order valence-electron chi connectivity index (χ0n) is 30.5. The van der Waals surface area contributed by atoms with Gasteiger partial charge in [-0.05, 0) is 82.0 Å². The number of benzene rings is 4. The first-order valence-corrected chi connectivity index (χ1v) is 17.5. The number of para-hydroxylation sites is 2. The molecule has 4 aromatic carbocycles. The van der Waals surface area contributed by atoms with E-state index < -0.39 is 7.25 Å². The Kier molecular flexibility index (Phi) is 7.20. The Morgan fingerprint density at radius 2 is 1.28 bits per heavy atom. The molecule has 0 atom stereocenters. The van der Waals surface area contributed by atoms with E-state index in [1.165, 1.54) is 28.2 Å². The number of nitrogens with zero attached hydrogens (tertiary/aromatic N) is 4. The Balaban J connectivity index is 1.09. The quantitative estimate of drug-likeness (QED) is 0.177. The summed E-state index contributed by atoms with van der Waals surface area (Å²) in [5.74, 6) is 3.74. The molecule has 0 saturated heterocycles. The molecule has 3 aliphatic rings. The van der Waals surface area contributed by atoms with Crippen LogP contribution in [0, 0.1) is 0 Å². The van der Waals surface area contributed by atoms with Crippen molar-refractivity contribution >= 4 is 41.5 Å². The molecular weight excluding hydrogens is 619 g/mol. The third kappa shape index (κ3) is 5.51. The molecule has 8 rings (SSSR count). The van der Waals surface area contributed by atoms with Gasteiger partial charge in [-0.2, -0.15) is 0 Å². The summed E-state index contributed by atoms with van der Waals surface area (Å²) in [6.07, 6.45) is 1.84. The SMILES string of the molecule is CC(C)(C)c1cc(N2CN(c3cccc(Oc4ccc5c(c4)N4B(O5)Oc5c(C(C)(C)C)ccnc54)c3)c3ccccc32)cc(C(C)(C)C)c1. The van der Waals surface area contributed by atoms with E-state index in [0.29, 0.717) is 12.4 Å². The maximum absolute atomic E-state index is 6.54. The number of hydrogen-bond acceptors (Lipinski definition) is 7. The molecule has 0 saturated carbocycles. The minimum Gasteiger partial charge on any atom is -0.505 e. The van der Waals surface area contributed by atoms with Crippen LogP contribution in [0.4, 0.5) is 34.3 Å². The van der Waals surface area contributed by atoms with E-state index in [4.69, 9.17) is 19.0 Å². The number of hydrogen-bond donors (Lipinski definition) is 0. The second-order valence-corrected chi connectivity index (χ2v) is 16.7. The molecule has 254 valence electrons. The van der Waals surface area contributed by atoms with Crippen LogP contribution in [-0.2, 0) is 16.2 Å². The second-order valence-electron chi connectivity index (χ2n) is 16.7. The van der Waals surface area contributed by atoms with Gasteiger partial charge in [-0.25, -0.2) is 4.98 Å². The van der Waals surface area contributed by atoms with Gasteiger partial charge in [0.05, 0.1) is 17.1 Å². The minimum atomic E-state index is -0.587. The van der Waals surface area contributed by atoms with E-state index in [9.17, 15) is 0 Å². The van der Waals surface area contributed by atoms with Crippen LogP contribution < -0.4 is 28.7 Å². The Bertz CT molecular complexity index is 2100. The van der Waals surface area contributed by atoms with Gasteiger partial charge in [0.25, 0.3) is 0 Å². The van der Waals surface area contributed by atoms with Crippen molar-refractivity contribution < 1.29 is 14.0 Å². The van der Waals surface area contributed by atoms with Crippen molar-refractivity contribution in [3.05, 3.63) is 114 Å². The molecule has 50 heavy (non-hydrogen) atoms. The third-order valence-electron chi connectivity index (χ3n) is 9.84. The summed E-state index contributed by atoms with van der Waals surface area (Å²) in [4.78, 5) is 11.5. The van der Waals surface area contributed by atoms with E-state index in [1.54, 1.807) is 0 Å². The van der Waals surface area contributed by atoms with Gasteiger partial charge >= 0.3 is 7.25 Å². The lowest BCUT2D eigenvalue weighted by Gasteiger charge is -2.29. The van der Waals surface area contributed by atoms with Crippen LogP contribution in [0.2, 0.25) is 0 Å². The molecular formula is C42H45BN4O3. The number of fused-ring (bicyclic) bond motifs is 6. The molecule has 5 aromatic rings. The monoisotopic (exact) mass is 664 g/mol. The molecule has 0 unspecified atom stereocenters. The van der Waals surface area contributed by atoms with Crippen LogP contribution in [0.1, 0.15) is 79.0 Å². The van der Waals surface area contributed by atoms with E-state index in [0.717, 1.165) is 40.0 Å². The minimum absolute atomic E-state index is 0.0300. The first kappa shape index (κ1) is 32.1. The average Bonchev–Trinajstić information content (AvgIpc) is 3.73. The third-order valence-corrected chi connectivity index (χ3v) is 9.84. The molecule has 4 heterocycles. The number of anilines is 6. The Morgan fingerprint density at radius 3 is 1.94 bits per heavy atom. The van der Waals surface area contributed by atoms with Crippen LogP contribution in [-0.4, -0.2) is 18.9 Å². The van der Waals surface area contributed by atoms with Gasteiger partial charge in [0.15, 0.2) is 5.82 Å². The molecule has 0 N–H and O–H groups in total. The summed E-state index contributed by atoms with van der Waals surface area (Å²) >= 11 is 0. The first-order chi connectivity index (χ1) is 23.6. The predicted molar refractivity (Wildman–Crippen MR) is 204 cm³/mol. The zero-order valence-corrected chi connectivity index (χ0v) is 30.5. The molecule has 0 fully saturated rings. The van der Waals surface area contributed by atoms with Crippen molar-refractivity contribution in [3.8, 4) is 23.0 Å². The van der Waals surface area contributed by atoms with Gasteiger partial charge in [-0.1, -0.05) is 86.6 Å². The maximum atomic E-state index is 6.54. The number of pyridine rings is 1. The van der Waals surface area contributed by atoms with Gasteiger partial charge in [-0.15, -0.1) is 0 Å². The number of rotatable bonds is 4. The summed E-state index contributed by atoms with van der Waals surface area (Å²) in [5.41, 5.74) is 9.24. The van der Waals surface area contributed by atoms with Crippen LogP contribution in [0.15, 0.2) is 97.2 Å². The molecule has 7 nitrogen and oxygen atoms in total. The molecule has 0 amide bonds. The van der Waals surface area contributed by atoms with Crippen LogP contribution in [0.25, 0.3) is 0 Å². The molecule has 0 radical (unpaired) electrons. The summed E-state index contributed by atoms with van der Waals surface area (Å²) in [6, 6.07) is 32.0. The first-order valence-electron chi connectivity index (χ1n) is 17.5. The van der Waals surface area contributed by atoms with Gasteiger partial charge in [0.1, 0.15) is 29.7 Å². The van der Waals surface area contributed by atoms with Gasteiger partial charge < -0.3 is 23.8 Å². The smallest absolute Gasteiger partial charge is 0.505 e. The van der Waals surface area contributed by atoms with Gasteiger partial charge in [0, 0.05) is 35.3 Å².